The molecular weight excluding hydrogens is 292 g/mol. The lowest BCUT2D eigenvalue weighted by atomic mass is 10.0. The summed E-state index contributed by atoms with van der Waals surface area (Å²) < 4.78 is 0. The Labute approximate surface area is 135 Å². The number of pyridine rings is 1. The number of amides is 1. The van der Waals surface area contributed by atoms with E-state index in [2.05, 4.69) is 10.3 Å². The molecule has 5 heteroatoms. The number of aromatic nitrogens is 1. The van der Waals surface area contributed by atoms with Gasteiger partial charge in [-0.25, -0.2) is 4.79 Å². The monoisotopic (exact) mass is 312 g/mol. The first-order chi connectivity index (χ1) is 11.0. The summed E-state index contributed by atoms with van der Waals surface area (Å²) >= 11 is 0. The van der Waals surface area contributed by atoms with Crippen LogP contribution in [0.25, 0.3) is 11.1 Å². The second-order valence-corrected chi connectivity index (χ2v) is 5.82. The molecule has 0 radical (unpaired) electrons. The molecule has 0 unspecified atom stereocenters. The molecule has 5 nitrogen and oxygen atoms in total. The Morgan fingerprint density at radius 2 is 1.83 bits per heavy atom. The van der Waals surface area contributed by atoms with Crippen LogP contribution in [0.5, 0.6) is 0 Å². The van der Waals surface area contributed by atoms with Crippen molar-refractivity contribution in [3.05, 3.63) is 54.4 Å². The largest absolute Gasteiger partial charge is 0.480 e. The van der Waals surface area contributed by atoms with Crippen molar-refractivity contribution in [2.45, 2.75) is 26.3 Å². The summed E-state index contributed by atoms with van der Waals surface area (Å²) in [4.78, 5) is 27.7. The van der Waals surface area contributed by atoms with Gasteiger partial charge in [0.05, 0.1) is 5.56 Å². The van der Waals surface area contributed by atoms with Gasteiger partial charge in [-0.15, -0.1) is 0 Å². The van der Waals surface area contributed by atoms with Gasteiger partial charge in [0.15, 0.2) is 0 Å². The molecule has 23 heavy (non-hydrogen) atoms. The van der Waals surface area contributed by atoms with Crippen molar-refractivity contribution in [1.82, 2.24) is 10.3 Å². The minimum atomic E-state index is -1.03. The molecule has 2 rings (SSSR count). The molecule has 0 saturated heterocycles. The molecule has 0 fully saturated rings. The average molecular weight is 312 g/mol. The molecule has 0 saturated carbocycles. The maximum Gasteiger partial charge on any atom is 0.326 e. The number of hydrogen-bond donors (Lipinski definition) is 2. The van der Waals surface area contributed by atoms with Gasteiger partial charge in [-0.3, -0.25) is 9.78 Å². The maximum atomic E-state index is 12.3. The van der Waals surface area contributed by atoms with E-state index in [9.17, 15) is 14.7 Å². The van der Waals surface area contributed by atoms with Crippen LogP contribution in [0.1, 0.15) is 30.6 Å². The van der Waals surface area contributed by atoms with Gasteiger partial charge in [0, 0.05) is 18.0 Å². The van der Waals surface area contributed by atoms with Gasteiger partial charge in [0.1, 0.15) is 6.04 Å². The minimum Gasteiger partial charge on any atom is -0.480 e. The van der Waals surface area contributed by atoms with Crippen LogP contribution < -0.4 is 5.32 Å². The van der Waals surface area contributed by atoms with E-state index in [1.807, 2.05) is 44.2 Å². The standard InChI is InChI=1S/C18H20N2O3/c1-12(2)8-16(18(22)23)20-17(21)15-9-14(10-19-11-15)13-6-4-3-5-7-13/h3-7,9-12,16H,8H2,1-2H3,(H,20,21)(H,22,23)/t16-/m1/s1. The number of carbonyl (C=O) groups excluding carboxylic acids is 1. The van der Waals surface area contributed by atoms with Crippen LogP contribution in [-0.2, 0) is 4.79 Å². The van der Waals surface area contributed by atoms with Gasteiger partial charge < -0.3 is 10.4 Å². The van der Waals surface area contributed by atoms with E-state index >= 15 is 0 Å². The molecule has 0 bridgehead atoms. The fourth-order valence-corrected chi connectivity index (χ4v) is 2.29. The van der Waals surface area contributed by atoms with E-state index in [0.717, 1.165) is 11.1 Å². The molecule has 0 spiro atoms. The van der Waals surface area contributed by atoms with Crippen molar-refractivity contribution < 1.29 is 14.7 Å². The van der Waals surface area contributed by atoms with Crippen LogP contribution >= 0.6 is 0 Å². The van der Waals surface area contributed by atoms with Crippen LogP contribution in [-0.4, -0.2) is 28.0 Å². The van der Waals surface area contributed by atoms with Gasteiger partial charge in [0.2, 0.25) is 0 Å². The van der Waals surface area contributed by atoms with Gasteiger partial charge in [-0.05, 0) is 24.0 Å². The average Bonchev–Trinajstić information content (AvgIpc) is 2.54. The molecule has 120 valence electrons. The molecule has 0 aliphatic carbocycles. The highest BCUT2D eigenvalue weighted by Gasteiger charge is 2.22. The van der Waals surface area contributed by atoms with E-state index in [1.165, 1.54) is 6.20 Å². The Morgan fingerprint density at radius 1 is 1.13 bits per heavy atom. The summed E-state index contributed by atoms with van der Waals surface area (Å²) in [6.07, 6.45) is 3.50. The fraction of sp³-hybridized carbons (Fsp3) is 0.278. The first kappa shape index (κ1) is 16.7. The van der Waals surface area contributed by atoms with Crippen LogP contribution in [0.4, 0.5) is 0 Å². The highest BCUT2D eigenvalue weighted by atomic mass is 16.4. The Morgan fingerprint density at radius 3 is 2.43 bits per heavy atom. The summed E-state index contributed by atoms with van der Waals surface area (Å²) in [5, 5.41) is 11.8. The Hall–Kier alpha value is -2.69. The molecule has 2 N–H and O–H groups in total. The zero-order valence-corrected chi connectivity index (χ0v) is 13.2. The zero-order valence-electron chi connectivity index (χ0n) is 13.2. The Bertz CT molecular complexity index is 684. The van der Waals surface area contributed by atoms with E-state index in [1.54, 1.807) is 12.3 Å². The molecule has 1 atom stereocenters. The molecule has 1 heterocycles. The number of benzene rings is 1. The molecule has 2 aromatic rings. The van der Waals surface area contributed by atoms with Gasteiger partial charge >= 0.3 is 5.97 Å². The SMILES string of the molecule is CC(C)C[C@@H](NC(=O)c1cncc(-c2ccccc2)c1)C(=O)O. The zero-order chi connectivity index (χ0) is 16.8. The van der Waals surface area contributed by atoms with E-state index in [-0.39, 0.29) is 5.92 Å². The van der Waals surface area contributed by atoms with Gasteiger partial charge in [-0.1, -0.05) is 44.2 Å². The predicted molar refractivity (Wildman–Crippen MR) is 88.0 cm³/mol. The van der Waals surface area contributed by atoms with Crippen LogP contribution in [0.15, 0.2) is 48.8 Å². The van der Waals surface area contributed by atoms with Crippen LogP contribution in [0, 0.1) is 5.92 Å². The van der Waals surface area contributed by atoms with Crippen molar-refractivity contribution >= 4 is 11.9 Å². The first-order valence-corrected chi connectivity index (χ1v) is 7.51. The second kappa shape index (κ2) is 7.54. The molecule has 1 aromatic heterocycles. The van der Waals surface area contributed by atoms with Crippen molar-refractivity contribution in [3.8, 4) is 11.1 Å². The third kappa shape index (κ3) is 4.64. The highest BCUT2D eigenvalue weighted by Crippen LogP contribution is 2.19. The number of rotatable bonds is 6. The normalized spacial score (nSPS) is 12.0. The van der Waals surface area contributed by atoms with Crippen molar-refractivity contribution in [2.75, 3.05) is 0 Å². The number of hydrogen-bond acceptors (Lipinski definition) is 3. The summed E-state index contributed by atoms with van der Waals surface area (Å²) in [5.41, 5.74) is 2.11. The first-order valence-electron chi connectivity index (χ1n) is 7.51. The van der Waals surface area contributed by atoms with Crippen LogP contribution in [0.2, 0.25) is 0 Å². The summed E-state index contributed by atoms with van der Waals surface area (Å²) in [7, 11) is 0. The summed E-state index contributed by atoms with van der Waals surface area (Å²) in [6.45, 7) is 3.83. The third-order valence-corrected chi connectivity index (χ3v) is 3.42. The number of carboxylic acids is 1. The van der Waals surface area contributed by atoms with Crippen molar-refractivity contribution in [2.24, 2.45) is 5.92 Å². The van der Waals surface area contributed by atoms with Crippen LogP contribution in [0.3, 0.4) is 0 Å². The maximum absolute atomic E-state index is 12.3. The second-order valence-electron chi connectivity index (χ2n) is 5.82. The molecular formula is C18H20N2O3. The Balaban J connectivity index is 2.18. The van der Waals surface area contributed by atoms with Crippen molar-refractivity contribution in [3.63, 3.8) is 0 Å². The third-order valence-electron chi connectivity index (χ3n) is 3.42. The molecule has 0 aliphatic heterocycles. The highest BCUT2D eigenvalue weighted by molar-refractivity contribution is 5.97. The lowest BCUT2D eigenvalue weighted by Gasteiger charge is -2.16. The topological polar surface area (TPSA) is 79.3 Å². The number of nitrogens with one attached hydrogen (secondary N) is 1. The number of nitrogens with zero attached hydrogens (tertiary/aromatic N) is 1. The number of carboxylic acid groups (broad SMARTS) is 1. The molecule has 1 amide bonds. The lowest BCUT2D eigenvalue weighted by molar-refractivity contribution is -0.139. The lowest BCUT2D eigenvalue weighted by Crippen LogP contribution is -2.41. The smallest absolute Gasteiger partial charge is 0.326 e. The van der Waals surface area contributed by atoms with Crippen molar-refractivity contribution in [1.29, 1.82) is 0 Å². The van der Waals surface area contributed by atoms with Gasteiger partial charge in [-0.2, -0.15) is 0 Å². The number of aliphatic carboxylic acids is 1. The van der Waals surface area contributed by atoms with E-state index in [4.69, 9.17) is 0 Å². The fourth-order valence-electron chi connectivity index (χ4n) is 2.29. The van der Waals surface area contributed by atoms with E-state index in [0.29, 0.717) is 12.0 Å². The van der Waals surface area contributed by atoms with E-state index < -0.39 is 17.9 Å². The molecule has 0 aliphatic rings. The summed E-state index contributed by atoms with van der Waals surface area (Å²) in [6, 6.07) is 10.4. The van der Waals surface area contributed by atoms with Gasteiger partial charge in [0.25, 0.3) is 5.91 Å². The minimum absolute atomic E-state index is 0.171. The summed E-state index contributed by atoms with van der Waals surface area (Å²) in [5.74, 6) is -1.28. The Kier molecular flexibility index (Phi) is 5.46. The predicted octanol–water partition coefficient (Wildman–Crippen LogP) is 2.98. The molecule has 1 aromatic carbocycles. The quantitative estimate of drug-likeness (QED) is 0.859. The number of carbonyl (C=O) groups is 2.